The highest BCUT2D eigenvalue weighted by Crippen LogP contribution is 2.33. The van der Waals surface area contributed by atoms with Crippen molar-refractivity contribution in [1.82, 2.24) is 10.9 Å². The highest BCUT2D eigenvalue weighted by molar-refractivity contribution is 6.00. The quantitative estimate of drug-likeness (QED) is 0.547. The van der Waals surface area contributed by atoms with Gasteiger partial charge in [0.15, 0.2) is 17.6 Å². The van der Waals surface area contributed by atoms with Gasteiger partial charge in [-0.05, 0) is 49.6 Å². The average Bonchev–Trinajstić information content (AvgIpc) is 2.82. The molecule has 182 valence electrons. The van der Waals surface area contributed by atoms with Crippen LogP contribution < -0.4 is 30.0 Å². The number of methoxy groups -OCH3 is 1. The first-order chi connectivity index (χ1) is 16.3. The Balaban J connectivity index is 1.53. The first-order valence-corrected chi connectivity index (χ1v) is 11.3. The highest BCUT2D eigenvalue weighted by Gasteiger charge is 2.31. The number of hydrazine groups is 1. The van der Waals surface area contributed by atoms with Gasteiger partial charge in [-0.3, -0.25) is 25.2 Å². The van der Waals surface area contributed by atoms with E-state index >= 15 is 0 Å². The molecule has 3 rings (SSSR count). The molecular weight excluding hydrogens is 438 g/mol. The third-order valence-corrected chi connectivity index (χ3v) is 5.33. The number of fused-ring (bicyclic) bond motifs is 1. The number of para-hydroxylation sites is 2. The molecule has 1 aliphatic rings. The maximum absolute atomic E-state index is 12.5. The lowest BCUT2D eigenvalue weighted by atomic mass is 10.1. The first-order valence-electron chi connectivity index (χ1n) is 11.3. The summed E-state index contributed by atoms with van der Waals surface area (Å²) < 4.78 is 16.7. The zero-order valence-corrected chi connectivity index (χ0v) is 19.9. The summed E-state index contributed by atoms with van der Waals surface area (Å²) in [7, 11) is 1.50. The van der Waals surface area contributed by atoms with Gasteiger partial charge in [-0.15, -0.1) is 0 Å². The Morgan fingerprint density at radius 2 is 1.88 bits per heavy atom. The Hall–Kier alpha value is -3.75. The molecule has 1 heterocycles. The Kier molecular flexibility index (Phi) is 8.34. The monoisotopic (exact) mass is 469 g/mol. The van der Waals surface area contributed by atoms with E-state index in [1.54, 1.807) is 43.3 Å². The molecule has 34 heavy (non-hydrogen) atoms. The van der Waals surface area contributed by atoms with E-state index < -0.39 is 17.9 Å². The summed E-state index contributed by atoms with van der Waals surface area (Å²) >= 11 is 0. The van der Waals surface area contributed by atoms with E-state index in [-0.39, 0.29) is 18.9 Å². The second-order valence-corrected chi connectivity index (χ2v) is 8.37. The zero-order valence-electron chi connectivity index (χ0n) is 19.9. The fraction of sp³-hybridized carbons (Fsp3) is 0.400. The largest absolute Gasteiger partial charge is 0.493 e. The molecule has 0 aliphatic carbocycles. The van der Waals surface area contributed by atoms with Gasteiger partial charge in [-0.1, -0.05) is 26.0 Å². The molecule has 2 N–H and O–H groups in total. The predicted molar refractivity (Wildman–Crippen MR) is 127 cm³/mol. The second kappa shape index (κ2) is 11.4. The lowest BCUT2D eigenvalue weighted by Gasteiger charge is -2.32. The maximum Gasteiger partial charge on any atom is 0.269 e. The van der Waals surface area contributed by atoms with Crippen LogP contribution in [0.15, 0.2) is 42.5 Å². The van der Waals surface area contributed by atoms with Crippen LogP contribution in [0.25, 0.3) is 0 Å². The number of benzene rings is 2. The molecule has 2 aromatic carbocycles. The van der Waals surface area contributed by atoms with Gasteiger partial charge in [0.1, 0.15) is 5.75 Å². The van der Waals surface area contributed by atoms with Crippen molar-refractivity contribution in [2.75, 3.05) is 25.2 Å². The molecule has 9 nitrogen and oxygen atoms in total. The zero-order chi connectivity index (χ0) is 24.7. The summed E-state index contributed by atoms with van der Waals surface area (Å²) in [6, 6.07) is 12.0. The van der Waals surface area contributed by atoms with Gasteiger partial charge >= 0.3 is 0 Å². The van der Waals surface area contributed by atoms with E-state index in [4.69, 9.17) is 14.2 Å². The molecule has 1 atom stereocenters. The maximum atomic E-state index is 12.5. The lowest BCUT2D eigenvalue weighted by molar-refractivity contribution is -0.125. The van der Waals surface area contributed by atoms with E-state index in [9.17, 15) is 14.4 Å². The third kappa shape index (κ3) is 6.18. The number of carbonyl (C=O) groups excluding carboxylic acids is 3. The lowest BCUT2D eigenvalue weighted by Crippen LogP contribution is -2.47. The van der Waals surface area contributed by atoms with Gasteiger partial charge in [0, 0.05) is 18.5 Å². The van der Waals surface area contributed by atoms with Crippen LogP contribution in [0.2, 0.25) is 0 Å². The summed E-state index contributed by atoms with van der Waals surface area (Å²) in [6.07, 6.45) is 0.266. The van der Waals surface area contributed by atoms with Crippen molar-refractivity contribution in [3.63, 3.8) is 0 Å². The smallest absolute Gasteiger partial charge is 0.269 e. The van der Waals surface area contributed by atoms with Gasteiger partial charge in [0.05, 0.1) is 19.4 Å². The van der Waals surface area contributed by atoms with Crippen LogP contribution in [0.3, 0.4) is 0 Å². The number of ether oxygens (including phenoxy) is 3. The molecule has 0 spiro atoms. The molecule has 0 aromatic heterocycles. The summed E-state index contributed by atoms with van der Waals surface area (Å²) in [5.74, 6) is 0.932. The number of hydrogen-bond donors (Lipinski definition) is 2. The van der Waals surface area contributed by atoms with Crippen LogP contribution in [-0.2, 0) is 9.59 Å². The molecular formula is C25H31N3O6. The van der Waals surface area contributed by atoms with Crippen molar-refractivity contribution in [2.45, 2.75) is 39.7 Å². The van der Waals surface area contributed by atoms with E-state index in [2.05, 4.69) is 24.7 Å². The SMILES string of the molecule is COc1cc(C(=O)NNC(=O)CCN2C(=O)C(C)Oc3ccccc32)ccc1OCCC(C)C. The summed E-state index contributed by atoms with van der Waals surface area (Å²) in [5, 5.41) is 0. The van der Waals surface area contributed by atoms with Crippen LogP contribution in [-0.4, -0.2) is 44.1 Å². The molecule has 3 amide bonds. The van der Waals surface area contributed by atoms with E-state index in [1.165, 1.54) is 12.0 Å². The van der Waals surface area contributed by atoms with E-state index in [1.807, 2.05) is 6.07 Å². The molecule has 0 fully saturated rings. The van der Waals surface area contributed by atoms with E-state index in [0.29, 0.717) is 41.0 Å². The molecule has 0 saturated heterocycles. The summed E-state index contributed by atoms with van der Waals surface area (Å²) in [4.78, 5) is 38.9. The van der Waals surface area contributed by atoms with Crippen molar-refractivity contribution < 1.29 is 28.6 Å². The van der Waals surface area contributed by atoms with Crippen LogP contribution in [0.5, 0.6) is 17.2 Å². The molecule has 1 unspecified atom stereocenters. The third-order valence-electron chi connectivity index (χ3n) is 5.33. The number of nitrogens with zero attached hydrogens (tertiary/aromatic N) is 1. The Labute approximate surface area is 199 Å². The van der Waals surface area contributed by atoms with Gasteiger partial charge < -0.3 is 19.1 Å². The van der Waals surface area contributed by atoms with Crippen molar-refractivity contribution in [2.24, 2.45) is 5.92 Å². The first kappa shape index (κ1) is 24.9. The molecule has 9 heteroatoms. The normalized spacial score (nSPS) is 14.8. The fourth-order valence-electron chi connectivity index (χ4n) is 3.40. The van der Waals surface area contributed by atoms with Crippen LogP contribution in [0, 0.1) is 5.92 Å². The van der Waals surface area contributed by atoms with E-state index in [0.717, 1.165) is 6.42 Å². The average molecular weight is 470 g/mol. The minimum absolute atomic E-state index is 0.000968. The minimum Gasteiger partial charge on any atom is -0.493 e. The minimum atomic E-state index is -0.634. The number of rotatable bonds is 9. The highest BCUT2D eigenvalue weighted by atomic mass is 16.5. The molecule has 0 saturated carbocycles. The van der Waals surface area contributed by atoms with Crippen molar-refractivity contribution in [1.29, 1.82) is 0 Å². The van der Waals surface area contributed by atoms with Crippen LogP contribution in [0.4, 0.5) is 5.69 Å². The molecule has 0 radical (unpaired) electrons. The van der Waals surface area contributed by atoms with Gasteiger partial charge in [0.25, 0.3) is 11.8 Å². The number of hydrogen-bond acceptors (Lipinski definition) is 6. The second-order valence-electron chi connectivity index (χ2n) is 8.37. The Morgan fingerprint density at radius 3 is 2.62 bits per heavy atom. The van der Waals surface area contributed by atoms with Crippen molar-refractivity contribution in [3.05, 3.63) is 48.0 Å². The van der Waals surface area contributed by atoms with Crippen LogP contribution >= 0.6 is 0 Å². The topological polar surface area (TPSA) is 106 Å². The van der Waals surface area contributed by atoms with Gasteiger partial charge in [-0.2, -0.15) is 0 Å². The van der Waals surface area contributed by atoms with Crippen molar-refractivity contribution in [3.8, 4) is 17.2 Å². The predicted octanol–water partition coefficient (Wildman–Crippen LogP) is 3.09. The Bertz CT molecular complexity index is 1040. The van der Waals surface area contributed by atoms with Gasteiger partial charge in [-0.25, -0.2) is 0 Å². The van der Waals surface area contributed by atoms with Crippen molar-refractivity contribution >= 4 is 23.4 Å². The number of nitrogens with one attached hydrogen (secondary N) is 2. The number of carbonyl (C=O) groups is 3. The number of anilines is 1. The summed E-state index contributed by atoms with van der Waals surface area (Å²) in [6.45, 7) is 6.59. The molecule has 1 aliphatic heterocycles. The number of amides is 3. The summed E-state index contributed by atoms with van der Waals surface area (Å²) in [5.41, 5.74) is 5.70. The molecule has 2 aromatic rings. The standard InChI is InChI=1S/C25H31N3O6/c1-16(2)12-14-33-21-10-9-18(15-22(21)32-4)24(30)27-26-23(29)11-13-28-19-7-5-6-8-20(19)34-17(3)25(28)31/h5-10,15-17H,11-14H2,1-4H3,(H,26,29)(H,27,30). The van der Waals surface area contributed by atoms with Gasteiger partial charge in [0.2, 0.25) is 5.91 Å². The van der Waals surface area contributed by atoms with Crippen LogP contribution in [0.1, 0.15) is 44.0 Å². The Morgan fingerprint density at radius 1 is 1.12 bits per heavy atom. The molecule has 0 bridgehead atoms. The fourth-order valence-corrected chi connectivity index (χ4v) is 3.40.